The second-order valence-electron chi connectivity index (χ2n) is 11.2. The van der Waals surface area contributed by atoms with Gasteiger partial charge in [0, 0.05) is 50.2 Å². The van der Waals surface area contributed by atoms with Crippen molar-refractivity contribution in [2.24, 2.45) is 4.99 Å². The molecule has 1 fully saturated rings. The van der Waals surface area contributed by atoms with E-state index in [-0.39, 0.29) is 11.5 Å². The number of rotatable bonds is 7. The van der Waals surface area contributed by atoms with E-state index in [9.17, 15) is 4.79 Å². The molecule has 1 amide bonds. The number of nitrogen functional groups attached to an aromatic ring is 1. The standard InChI is InChI=1S/C33H33N9O2/c1-3-29(43)40-18-13-33(44-2,14-19-40)21-36-26-10-7-22-20-23(8-9-24(22)26)42-31(25-6-4-15-35-30(25)34)38-27-11-12-28(39-32(27)42)41-17-5-16-37-41/h3-6,8-9,11-12,15-17,20H,1,7,10,13-14,18-19,21H2,2H3,(H2,34,35). The third-order valence-corrected chi connectivity index (χ3v) is 8.75. The van der Waals surface area contributed by atoms with Gasteiger partial charge in [0.15, 0.2) is 17.3 Å². The number of piperidine rings is 1. The topological polar surface area (TPSA) is 129 Å². The number of nitrogens with two attached hydrogens (primary N) is 1. The molecular weight excluding hydrogens is 554 g/mol. The van der Waals surface area contributed by atoms with Gasteiger partial charge >= 0.3 is 0 Å². The summed E-state index contributed by atoms with van der Waals surface area (Å²) in [6.07, 6.45) is 9.86. The highest BCUT2D eigenvalue weighted by Crippen LogP contribution is 2.34. The molecule has 5 aromatic rings. The number of aryl methyl sites for hydroxylation is 1. The van der Waals surface area contributed by atoms with Gasteiger partial charge in [-0.15, -0.1) is 0 Å². The molecule has 0 bridgehead atoms. The zero-order chi connectivity index (χ0) is 30.3. The Labute approximate surface area is 254 Å². The van der Waals surface area contributed by atoms with Crippen LogP contribution in [0.25, 0.3) is 34.1 Å². The van der Waals surface area contributed by atoms with E-state index in [4.69, 9.17) is 25.4 Å². The normalized spacial score (nSPS) is 16.8. The van der Waals surface area contributed by atoms with Crippen LogP contribution in [0.5, 0.6) is 0 Å². The lowest BCUT2D eigenvalue weighted by Gasteiger charge is -2.39. The molecule has 1 aromatic carbocycles. The van der Waals surface area contributed by atoms with Crippen molar-refractivity contribution >= 4 is 28.6 Å². The van der Waals surface area contributed by atoms with E-state index in [0.29, 0.717) is 42.7 Å². The van der Waals surface area contributed by atoms with Gasteiger partial charge in [0.2, 0.25) is 5.91 Å². The van der Waals surface area contributed by atoms with Crippen molar-refractivity contribution in [3.63, 3.8) is 0 Å². The van der Waals surface area contributed by atoms with Gasteiger partial charge in [-0.1, -0.05) is 12.6 Å². The molecular formula is C33H33N9O2. The fraction of sp³-hybridized carbons (Fsp3) is 0.273. The van der Waals surface area contributed by atoms with Crippen LogP contribution < -0.4 is 5.73 Å². The van der Waals surface area contributed by atoms with Gasteiger partial charge in [-0.2, -0.15) is 5.10 Å². The summed E-state index contributed by atoms with van der Waals surface area (Å²) in [5.41, 5.74) is 12.5. The number of anilines is 1. The number of nitrogens with zero attached hydrogens (tertiary/aromatic N) is 8. The van der Waals surface area contributed by atoms with E-state index in [1.165, 1.54) is 11.6 Å². The molecule has 2 aliphatic rings. The van der Waals surface area contributed by atoms with Gasteiger partial charge in [-0.05, 0) is 85.4 Å². The Kier molecular flexibility index (Phi) is 7.01. The number of hydrogen-bond acceptors (Lipinski definition) is 8. The number of likely N-dealkylation sites (tertiary alicyclic amines) is 1. The smallest absolute Gasteiger partial charge is 0.245 e. The highest BCUT2D eigenvalue weighted by atomic mass is 16.5. The number of aliphatic imine (C=N–C) groups is 1. The van der Waals surface area contributed by atoms with Crippen LogP contribution in [0.2, 0.25) is 0 Å². The molecule has 11 nitrogen and oxygen atoms in total. The first-order chi connectivity index (χ1) is 21.5. The predicted molar refractivity (Wildman–Crippen MR) is 169 cm³/mol. The number of benzene rings is 1. The average molecular weight is 588 g/mol. The molecule has 0 radical (unpaired) electrons. The highest BCUT2D eigenvalue weighted by Gasteiger charge is 2.36. The summed E-state index contributed by atoms with van der Waals surface area (Å²) in [5, 5.41) is 4.36. The summed E-state index contributed by atoms with van der Waals surface area (Å²) < 4.78 is 9.76. The minimum Gasteiger partial charge on any atom is -0.383 e. The van der Waals surface area contributed by atoms with Crippen molar-refractivity contribution in [3.05, 3.63) is 90.9 Å². The van der Waals surface area contributed by atoms with Gasteiger partial charge in [0.1, 0.15) is 11.3 Å². The van der Waals surface area contributed by atoms with Crippen LogP contribution in [0.15, 0.2) is 84.8 Å². The minimum absolute atomic E-state index is 0.0330. The average Bonchev–Trinajstić information content (AvgIpc) is 3.82. The summed E-state index contributed by atoms with van der Waals surface area (Å²) >= 11 is 0. The van der Waals surface area contributed by atoms with Gasteiger partial charge < -0.3 is 15.4 Å². The predicted octanol–water partition coefficient (Wildman–Crippen LogP) is 4.18. The van der Waals surface area contributed by atoms with Crippen LogP contribution in [0, 0.1) is 0 Å². The number of amides is 1. The third kappa shape index (κ3) is 4.84. The maximum Gasteiger partial charge on any atom is 0.245 e. The SMILES string of the molecule is C=CC(=O)N1CCC(CN=C2CCc3cc(-n4c(-c5cccnc5N)nc5ccc(-n6cccn6)nc54)ccc32)(OC)CC1. The summed E-state index contributed by atoms with van der Waals surface area (Å²) in [4.78, 5) is 33.2. The molecule has 0 atom stereocenters. The number of pyridine rings is 2. The van der Waals surface area contributed by atoms with Crippen LogP contribution in [0.4, 0.5) is 5.82 Å². The van der Waals surface area contributed by atoms with Gasteiger partial charge in [0.05, 0.1) is 17.7 Å². The number of fused-ring (bicyclic) bond motifs is 2. The van der Waals surface area contributed by atoms with Crippen LogP contribution in [-0.2, 0) is 16.0 Å². The van der Waals surface area contributed by atoms with Gasteiger partial charge in [-0.25, -0.2) is 19.6 Å². The van der Waals surface area contributed by atoms with Crippen molar-refractivity contribution in [2.45, 2.75) is 31.3 Å². The number of aromatic nitrogens is 6. The molecule has 44 heavy (non-hydrogen) atoms. The van der Waals surface area contributed by atoms with Crippen molar-refractivity contribution in [3.8, 4) is 22.9 Å². The molecule has 222 valence electrons. The lowest BCUT2D eigenvalue weighted by molar-refractivity contribution is -0.131. The molecule has 0 saturated carbocycles. The highest BCUT2D eigenvalue weighted by molar-refractivity contribution is 6.05. The molecule has 0 spiro atoms. The first kappa shape index (κ1) is 27.7. The number of carbonyl (C=O) groups excluding carboxylic acids is 1. The zero-order valence-electron chi connectivity index (χ0n) is 24.6. The molecule has 7 rings (SSSR count). The maximum absolute atomic E-state index is 12.1. The summed E-state index contributed by atoms with van der Waals surface area (Å²) in [5.74, 6) is 1.73. The number of carbonyl (C=O) groups is 1. The van der Waals surface area contributed by atoms with E-state index in [0.717, 1.165) is 53.7 Å². The van der Waals surface area contributed by atoms with Crippen LogP contribution in [0.1, 0.15) is 30.4 Å². The molecule has 5 heterocycles. The first-order valence-corrected chi connectivity index (χ1v) is 14.7. The second kappa shape index (κ2) is 11.2. The van der Waals surface area contributed by atoms with E-state index in [1.54, 1.807) is 24.2 Å². The summed E-state index contributed by atoms with van der Waals surface area (Å²) in [7, 11) is 1.74. The largest absolute Gasteiger partial charge is 0.383 e. The number of imidazole rings is 1. The van der Waals surface area contributed by atoms with E-state index in [2.05, 4.69) is 34.9 Å². The van der Waals surface area contributed by atoms with Crippen molar-refractivity contribution < 1.29 is 9.53 Å². The van der Waals surface area contributed by atoms with Gasteiger partial charge in [0.25, 0.3) is 0 Å². The Morgan fingerprint density at radius 1 is 1.09 bits per heavy atom. The number of hydrogen-bond donors (Lipinski definition) is 1. The molecule has 1 aliphatic carbocycles. The molecule has 1 aliphatic heterocycles. The van der Waals surface area contributed by atoms with E-state index in [1.807, 2.05) is 46.0 Å². The van der Waals surface area contributed by atoms with E-state index < -0.39 is 0 Å². The minimum atomic E-state index is -0.375. The van der Waals surface area contributed by atoms with Crippen molar-refractivity contribution in [2.75, 3.05) is 32.5 Å². The maximum atomic E-state index is 12.1. The Bertz CT molecular complexity index is 1900. The van der Waals surface area contributed by atoms with Crippen LogP contribution in [-0.4, -0.2) is 78.2 Å². The Morgan fingerprint density at radius 3 is 2.70 bits per heavy atom. The molecule has 1 saturated heterocycles. The quantitative estimate of drug-likeness (QED) is 0.283. The van der Waals surface area contributed by atoms with Gasteiger partial charge in [-0.3, -0.25) is 14.4 Å². The fourth-order valence-electron chi connectivity index (χ4n) is 6.20. The monoisotopic (exact) mass is 587 g/mol. The van der Waals surface area contributed by atoms with Crippen LogP contribution in [0.3, 0.4) is 0 Å². The Morgan fingerprint density at radius 2 is 1.95 bits per heavy atom. The summed E-state index contributed by atoms with van der Waals surface area (Å²) in [6, 6.07) is 15.9. The van der Waals surface area contributed by atoms with Crippen molar-refractivity contribution in [1.82, 2.24) is 34.2 Å². The summed E-state index contributed by atoms with van der Waals surface area (Å²) in [6.45, 7) is 5.46. The number of ether oxygens (including phenoxy) is 1. The lowest BCUT2D eigenvalue weighted by atomic mass is 9.91. The second-order valence-corrected chi connectivity index (χ2v) is 11.2. The Hall–Kier alpha value is -5.16. The molecule has 4 aromatic heterocycles. The fourth-order valence-corrected chi connectivity index (χ4v) is 6.20. The van der Waals surface area contributed by atoms with E-state index >= 15 is 0 Å². The van der Waals surface area contributed by atoms with Crippen LogP contribution >= 0.6 is 0 Å². The third-order valence-electron chi connectivity index (χ3n) is 8.75. The zero-order valence-corrected chi connectivity index (χ0v) is 24.6. The molecule has 2 N–H and O–H groups in total. The lowest BCUT2D eigenvalue weighted by Crippen LogP contribution is -2.49. The molecule has 0 unspecified atom stereocenters. The first-order valence-electron chi connectivity index (χ1n) is 14.7. The molecule has 11 heteroatoms. The number of methoxy groups -OCH3 is 1. The Balaban J connectivity index is 1.24. The van der Waals surface area contributed by atoms with Crippen molar-refractivity contribution in [1.29, 1.82) is 0 Å².